The van der Waals surface area contributed by atoms with Crippen molar-refractivity contribution in [1.29, 1.82) is 0 Å². The van der Waals surface area contributed by atoms with Gasteiger partial charge >= 0.3 is 0 Å². The molecule has 162 valence electrons. The molecule has 0 spiro atoms. The van der Waals surface area contributed by atoms with E-state index in [2.05, 4.69) is 33.8 Å². The summed E-state index contributed by atoms with van der Waals surface area (Å²) in [7, 11) is 1.67. The van der Waals surface area contributed by atoms with Crippen LogP contribution in [-0.4, -0.2) is 45.2 Å². The van der Waals surface area contributed by atoms with Gasteiger partial charge in [0.05, 0.1) is 7.11 Å². The maximum absolute atomic E-state index is 12.8. The molecule has 1 heterocycles. The predicted octanol–water partition coefficient (Wildman–Crippen LogP) is 3.39. The van der Waals surface area contributed by atoms with Crippen molar-refractivity contribution in [2.45, 2.75) is 26.2 Å². The Bertz CT molecular complexity index is 839. The molecule has 0 atom stereocenters. The van der Waals surface area contributed by atoms with Crippen LogP contribution in [0.15, 0.2) is 53.5 Å². The molecule has 0 radical (unpaired) electrons. The Morgan fingerprint density at radius 3 is 2.63 bits per heavy atom. The number of anilines is 1. The molecule has 1 amide bonds. The van der Waals surface area contributed by atoms with Crippen LogP contribution in [0.5, 0.6) is 5.75 Å². The minimum absolute atomic E-state index is 0. The Hall–Kier alpha value is -2.29. The van der Waals surface area contributed by atoms with Gasteiger partial charge in [0.15, 0.2) is 5.96 Å². The Kier molecular flexibility index (Phi) is 9.93. The molecule has 30 heavy (non-hydrogen) atoms. The summed E-state index contributed by atoms with van der Waals surface area (Å²) in [5.74, 6) is 1.55. The Balaban J connectivity index is 0.00000320. The fourth-order valence-electron chi connectivity index (χ4n) is 3.48. The number of benzene rings is 2. The van der Waals surface area contributed by atoms with Crippen molar-refractivity contribution in [1.82, 2.24) is 10.6 Å². The predicted molar refractivity (Wildman–Crippen MR) is 133 cm³/mol. The van der Waals surface area contributed by atoms with E-state index in [4.69, 9.17) is 4.74 Å². The lowest BCUT2D eigenvalue weighted by Crippen LogP contribution is -2.41. The summed E-state index contributed by atoms with van der Waals surface area (Å²) in [6.07, 6.45) is 2.88. The lowest BCUT2D eigenvalue weighted by Gasteiger charge is -2.29. The largest absolute Gasteiger partial charge is 0.497 e. The molecule has 0 saturated heterocycles. The van der Waals surface area contributed by atoms with Gasteiger partial charge in [-0.2, -0.15) is 0 Å². The minimum Gasteiger partial charge on any atom is -0.497 e. The number of fused-ring (bicyclic) bond motifs is 1. The molecule has 2 aromatic rings. The average Bonchev–Trinajstić information content (AvgIpc) is 2.77. The number of amides is 1. The second-order valence-corrected chi connectivity index (χ2v) is 7.00. The smallest absolute Gasteiger partial charge is 0.248 e. The number of nitrogens with one attached hydrogen (secondary N) is 2. The monoisotopic (exact) mass is 522 g/mol. The zero-order chi connectivity index (χ0) is 20.5. The van der Waals surface area contributed by atoms with Crippen LogP contribution in [0.1, 0.15) is 24.5 Å². The van der Waals surface area contributed by atoms with Crippen LogP contribution in [-0.2, 0) is 17.6 Å². The van der Waals surface area contributed by atoms with Crippen LogP contribution in [0.4, 0.5) is 5.69 Å². The Labute approximate surface area is 196 Å². The molecular formula is C23H31IN4O2. The van der Waals surface area contributed by atoms with Gasteiger partial charge in [0, 0.05) is 25.3 Å². The molecule has 2 N–H and O–H groups in total. The van der Waals surface area contributed by atoms with E-state index in [9.17, 15) is 4.79 Å². The first-order valence-corrected chi connectivity index (χ1v) is 10.2. The summed E-state index contributed by atoms with van der Waals surface area (Å²) in [6, 6.07) is 16.2. The van der Waals surface area contributed by atoms with Crippen molar-refractivity contribution in [2.24, 2.45) is 4.99 Å². The number of halogens is 1. The highest BCUT2D eigenvalue weighted by atomic mass is 127. The average molecular weight is 522 g/mol. The van der Waals surface area contributed by atoms with E-state index < -0.39 is 0 Å². The molecule has 0 unspecified atom stereocenters. The highest BCUT2D eigenvalue weighted by Gasteiger charge is 2.21. The number of carbonyl (C=O) groups excluding carboxylic acids is 1. The van der Waals surface area contributed by atoms with E-state index >= 15 is 0 Å². The second kappa shape index (κ2) is 12.4. The van der Waals surface area contributed by atoms with Gasteiger partial charge < -0.3 is 20.3 Å². The Morgan fingerprint density at radius 2 is 1.90 bits per heavy atom. The number of hydrogen-bond acceptors (Lipinski definition) is 3. The number of rotatable bonds is 7. The summed E-state index contributed by atoms with van der Waals surface area (Å²) in [4.78, 5) is 19.1. The Morgan fingerprint density at radius 1 is 1.13 bits per heavy atom. The van der Waals surface area contributed by atoms with Crippen molar-refractivity contribution in [3.8, 4) is 5.75 Å². The van der Waals surface area contributed by atoms with E-state index in [-0.39, 0.29) is 36.4 Å². The van der Waals surface area contributed by atoms with Crippen molar-refractivity contribution in [3.05, 3.63) is 59.7 Å². The number of ether oxygens (including phenoxy) is 1. The van der Waals surface area contributed by atoms with E-state index in [0.717, 1.165) is 50.3 Å². The number of aryl methyl sites for hydroxylation is 1. The van der Waals surface area contributed by atoms with Crippen LogP contribution in [0, 0.1) is 0 Å². The second-order valence-electron chi connectivity index (χ2n) is 7.00. The first-order valence-electron chi connectivity index (χ1n) is 10.2. The number of para-hydroxylation sites is 1. The summed E-state index contributed by atoms with van der Waals surface area (Å²) >= 11 is 0. The quantitative estimate of drug-likeness (QED) is 0.333. The van der Waals surface area contributed by atoms with Crippen molar-refractivity contribution in [2.75, 3.05) is 38.2 Å². The number of aliphatic imine (C=N–C) groups is 1. The number of guanidine groups is 1. The normalized spacial score (nSPS) is 13.1. The van der Waals surface area contributed by atoms with E-state index in [1.54, 1.807) is 7.11 Å². The van der Waals surface area contributed by atoms with E-state index in [0.29, 0.717) is 5.96 Å². The fourth-order valence-corrected chi connectivity index (χ4v) is 3.48. The third-order valence-electron chi connectivity index (χ3n) is 4.99. The first-order chi connectivity index (χ1) is 14.2. The molecule has 2 aromatic carbocycles. The maximum atomic E-state index is 12.8. The van der Waals surface area contributed by atoms with Gasteiger partial charge in [-0.1, -0.05) is 30.3 Å². The number of carbonyl (C=O) groups is 1. The van der Waals surface area contributed by atoms with Gasteiger partial charge in [-0.05, 0) is 55.5 Å². The lowest BCUT2D eigenvalue weighted by molar-refractivity contribution is -0.117. The van der Waals surface area contributed by atoms with Gasteiger partial charge in [0.25, 0.3) is 0 Å². The van der Waals surface area contributed by atoms with Gasteiger partial charge in [0.2, 0.25) is 5.91 Å². The molecule has 0 bridgehead atoms. The molecule has 0 aromatic heterocycles. The standard InChI is InChI=1S/C23H30N4O2.HI/c1-3-24-23(25-15-14-18-10-12-20(29-2)13-11-18)26-17-22(28)27-16-6-8-19-7-4-5-9-21(19)27;/h4-5,7,9-13H,3,6,8,14-17H2,1-2H3,(H2,24,25,26);1H. The first kappa shape index (κ1) is 24.0. The van der Waals surface area contributed by atoms with Crippen molar-refractivity contribution < 1.29 is 9.53 Å². The molecular weight excluding hydrogens is 491 g/mol. The molecule has 0 fully saturated rings. The number of hydrogen-bond donors (Lipinski definition) is 2. The molecule has 1 aliphatic rings. The SMILES string of the molecule is CCNC(=NCC(=O)N1CCCc2ccccc21)NCCc1ccc(OC)cc1.I. The zero-order valence-electron chi connectivity index (χ0n) is 17.7. The van der Waals surface area contributed by atoms with Gasteiger partial charge in [0.1, 0.15) is 12.3 Å². The topological polar surface area (TPSA) is 66.0 Å². The molecule has 7 heteroatoms. The lowest BCUT2D eigenvalue weighted by atomic mass is 10.0. The molecule has 1 aliphatic heterocycles. The number of nitrogens with zero attached hydrogens (tertiary/aromatic N) is 2. The van der Waals surface area contributed by atoms with Gasteiger partial charge in [-0.25, -0.2) is 4.99 Å². The van der Waals surface area contributed by atoms with Crippen LogP contribution < -0.4 is 20.3 Å². The summed E-state index contributed by atoms with van der Waals surface area (Å²) in [6.45, 7) is 4.39. The van der Waals surface area contributed by atoms with Crippen molar-refractivity contribution >= 4 is 41.5 Å². The fraction of sp³-hybridized carbons (Fsp3) is 0.391. The third kappa shape index (κ3) is 6.62. The van der Waals surface area contributed by atoms with E-state index in [1.807, 2.05) is 42.2 Å². The molecule has 0 aliphatic carbocycles. The van der Waals surface area contributed by atoms with Gasteiger partial charge in [-0.3, -0.25) is 4.79 Å². The van der Waals surface area contributed by atoms with Gasteiger partial charge in [-0.15, -0.1) is 24.0 Å². The molecule has 3 rings (SSSR count). The summed E-state index contributed by atoms with van der Waals surface area (Å²) in [5, 5.41) is 6.52. The zero-order valence-corrected chi connectivity index (χ0v) is 20.0. The minimum atomic E-state index is 0. The summed E-state index contributed by atoms with van der Waals surface area (Å²) < 4.78 is 5.19. The highest BCUT2D eigenvalue weighted by Crippen LogP contribution is 2.26. The highest BCUT2D eigenvalue weighted by molar-refractivity contribution is 14.0. The maximum Gasteiger partial charge on any atom is 0.248 e. The van der Waals surface area contributed by atoms with Crippen LogP contribution >= 0.6 is 24.0 Å². The molecule has 0 saturated carbocycles. The van der Waals surface area contributed by atoms with Crippen LogP contribution in [0.25, 0.3) is 0 Å². The number of methoxy groups -OCH3 is 1. The van der Waals surface area contributed by atoms with Crippen molar-refractivity contribution in [3.63, 3.8) is 0 Å². The molecule has 6 nitrogen and oxygen atoms in total. The third-order valence-corrected chi connectivity index (χ3v) is 4.99. The van der Waals surface area contributed by atoms with Crippen LogP contribution in [0.3, 0.4) is 0 Å². The summed E-state index contributed by atoms with van der Waals surface area (Å²) in [5.41, 5.74) is 3.48. The van der Waals surface area contributed by atoms with E-state index in [1.165, 1.54) is 11.1 Å². The van der Waals surface area contributed by atoms with Crippen LogP contribution in [0.2, 0.25) is 0 Å².